The molecule has 0 radical (unpaired) electrons. The number of hydrogen-bond donors (Lipinski definition) is 1. The molecule has 1 atom stereocenters. The highest BCUT2D eigenvalue weighted by atomic mass is 15.3. The van der Waals surface area contributed by atoms with E-state index in [0.29, 0.717) is 12.6 Å². The third kappa shape index (κ3) is 3.67. The normalized spacial score (nSPS) is 24.8. The monoisotopic (exact) mass is 195 g/mol. The second-order valence-electron chi connectivity index (χ2n) is 4.03. The largest absolute Gasteiger partial charge is 0.305 e. The first-order valence-electron chi connectivity index (χ1n) is 5.31. The maximum atomic E-state index is 5.16. The van der Waals surface area contributed by atoms with Crippen molar-refractivity contribution in [2.24, 2.45) is 0 Å². The molecule has 1 saturated heterocycles. The van der Waals surface area contributed by atoms with E-state index >= 15 is 0 Å². The summed E-state index contributed by atoms with van der Waals surface area (Å²) in [7, 11) is 2.18. The molecule has 3 heteroatoms. The van der Waals surface area contributed by atoms with E-state index in [1.54, 1.807) is 0 Å². The lowest BCUT2D eigenvalue weighted by molar-refractivity contribution is 0.101. The van der Waals surface area contributed by atoms with Gasteiger partial charge in [0, 0.05) is 38.8 Å². The Morgan fingerprint density at radius 1 is 1.50 bits per heavy atom. The second kappa shape index (κ2) is 6.02. The van der Waals surface area contributed by atoms with E-state index in [9.17, 15) is 0 Å². The quantitative estimate of drug-likeness (QED) is 0.497. The van der Waals surface area contributed by atoms with Crippen molar-refractivity contribution >= 4 is 0 Å². The molecule has 0 aliphatic carbocycles. The molecule has 0 amide bonds. The van der Waals surface area contributed by atoms with Gasteiger partial charge in [-0.1, -0.05) is 5.92 Å². The van der Waals surface area contributed by atoms with Gasteiger partial charge < -0.3 is 10.2 Å². The summed E-state index contributed by atoms with van der Waals surface area (Å²) in [6, 6.07) is 0.668. The van der Waals surface area contributed by atoms with Crippen LogP contribution in [0.4, 0.5) is 0 Å². The molecular formula is C11H21N3. The summed E-state index contributed by atoms with van der Waals surface area (Å²) in [5, 5.41) is 3.22. The summed E-state index contributed by atoms with van der Waals surface area (Å²) in [5.74, 6) is 2.59. The lowest BCUT2D eigenvalue weighted by Crippen LogP contribution is -2.51. The van der Waals surface area contributed by atoms with Crippen molar-refractivity contribution in [3.05, 3.63) is 0 Å². The molecule has 3 nitrogen and oxygen atoms in total. The van der Waals surface area contributed by atoms with Crippen LogP contribution in [-0.2, 0) is 0 Å². The first kappa shape index (κ1) is 11.5. The Morgan fingerprint density at radius 3 is 2.93 bits per heavy atom. The standard InChI is InChI=1S/C11H21N3/c1-4-5-12-6-7-14-9-8-13(3)10-11(14)2/h1,11-12H,5-10H2,2-3H3. The van der Waals surface area contributed by atoms with E-state index in [1.807, 2.05) is 0 Å². The average Bonchev–Trinajstić information content (AvgIpc) is 2.15. The van der Waals surface area contributed by atoms with Crippen LogP contribution >= 0.6 is 0 Å². The van der Waals surface area contributed by atoms with Gasteiger partial charge in [-0.15, -0.1) is 6.42 Å². The molecule has 1 aliphatic heterocycles. The Kier molecular flexibility index (Phi) is 4.95. The molecule has 0 bridgehead atoms. The molecule has 14 heavy (non-hydrogen) atoms. The van der Waals surface area contributed by atoms with Crippen LogP contribution in [-0.4, -0.2) is 62.2 Å². The van der Waals surface area contributed by atoms with Crippen molar-refractivity contribution in [3.63, 3.8) is 0 Å². The van der Waals surface area contributed by atoms with Crippen LogP contribution in [0.25, 0.3) is 0 Å². The topological polar surface area (TPSA) is 18.5 Å². The molecule has 0 saturated carbocycles. The summed E-state index contributed by atoms with van der Waals surface area (Å²) >= 11 is 0. The molecular weight excluding hydrogens is 174 g/mol. The molecule has 1 aliphatic rings. The zero-order chi connectivity index (χ0) is 10.4. The minimum atomic E-state index is 0.668. The molecule has 0 aromatic heterocycles. The number of piperazine rings is 1. The number of likely N-dealkylation sites (N-methyl/N-ethyl adjacent to an activating group) is 1. The SMILES string of the molecule is C#CCNCCN1CCN(C)CC1C. The molecule has 0 aromatic rings. The smallest absolute Gasteiger partial charge is 0.0574 e. The van der Waals surface area contributed by atoms with Crippen molar-refractivity contribution in [2.45, 2.75) is 13.0 Å². The Bertz CT molecular complexity index is 197. The van der Waals surface area contributed by atoms with Gasteiger partial charge in [0.1, 0.15) is 0 Å². The van der Waals surface area contributed by atoms with Crippen LogP contribution < -0.4 is 5.32 Å². The van der Waals surface area contributed by atoms with Gasteiger partial charge in [0.2, 0.25) is 0 Å². The lowest BCUT2D eigenvalue weighted by atomic mass is 10.2. The zero-order valence-electron chi connectivity index (χ0n) is 9.29. The van der Waals surface area contributed by atoms with Crippen LogP contribution in [0.5, 0.6) is 0 Å². The highest BCUT2D eigenvalue weighted by molar-refractivity contribution is 4.86. The molecule has 1 unspecified atom stereocenters. The van der Waals surface area contributed by atoms with Crippen molar-refractivity contribution in [1.29, 1.82) is 0 Å². The first-order valence-corrected chi connectivity index (χ1v) is 5.31. The van der Waals surface area contributed by atoms with Crippen molar-refractivity contribution in [3.8, 4) is 12.3 Å². The van der Waals surface area contributed by atoms with Crippen molar-refractivity contribution in [1.82, 2.24) is 15.1 Å². The van der Waals surface area contributed by atoms with Gasteiger partial charge >= 0.3 is 0 Å². The van der Waals surface area contributed by atoms with Gasteiger partial charge in [-0.05, 0) is 14.0 Å². The van der Waals surface area contributed by atoms with E-state index in [1.165, 1.54) is 19.6 Å². The summed E-state index contributed by atoms with van der Waals surface area (Å²) in [6.07, 6.45) is 5.16. The number of nitrogens with one attached hydrogen (secondary N) is 1. The van der Waals surface area contributed by atoms with E-state index in [2.05, 4.69) is 35.0 Å². The fourth-order valence-corrected chi connectivity index (χ4v) is 1.89. The van der Waals surface area contributed by atoms with Gasteiger partial charge in [-0.2, -0.15) is 0 Å². The van der Waals surface area contributed by atoms with E-state index < -0.39 is 0 Å². The predicted molar refractivity (Wildman–Crippen MR) is 60.2 cm³/mol. The number of nitrogens with zero attached hydrogens (tertiary/aromatic N) is 2. The van der Waals surface area contributed by atoms with Gasteiger partial charge in [0.15, 0.2) is 0 Å². The van der Waals surface area contributed by atoms with E-state index in [4.69, 9.17) is 6.42 Å². The second-order valence-corrected chi connectivity index (χ2v) is 4.03. The van der Waals surface area contributed by atoms with Crippen LogP contribution in [0.15, 0.2) is 0 Å². The molecule has 1 N–H and O–H groups in total. The molecule has 0 aromatic carbocycles. The maximum absolute atomic E-state index is 5.16. The lowest BCUT2D eigenvalue weighted by Gasteiger charge is -2.38. The van der Waals surface area contributed by atoms with Gasteiger partial charge in [0.25, 0.3) is 0 Å². The van der Waals surface area contributed by atoms with Crippen LogP contribution in [0, 0.1) is 12.3 Å². The van der Waals surface area contributed by atoms with Gasteiger partial charge in [-0.3, -0.25) is 4.90 Å². The molecule has 1 fully saturated rings. The van der Waals surface area contributed by atoms with Gasteiger partial charge in [-0.25, -0.2) is 0 Å². The van der Waals surface area contributed by atoms with E-state index in [0.717, 1.165) is 13.1 Å². The third-order valence-electron chi connectivity index (χ3n) is 2.77. The Hall–Kier alpha value is -0.560. The van der Waals surface area contributed by atoms with Crippen LogP contribution in [0.1, 0.15) is 6.92 Å². The predicted octanol–water partition coefficient (Wildman–Crippen LogP) is -0.155. The summed E-state index contributed by atoms with van der Waals surface area (Å²) in [6.45, 7) is 8.61. The highest BCUT2D eigenvalue weighted by Gasteiger charge is 2.20. The van der Waals surface area contributed by atoms with Crippen LogP contribution in [0.2, 0.25) is 0 Å². The number of hydrogen-bond acceptors (Lipinski definition) is 3. The highest BCUT2D eigenvalue weighted by Crippen LogP contribution is 2.06. The Labute approximate surface area is 87.5 Å². The fraction of sp³-hybridized carbons (Fsp3) is 0.818. The van der Waals surface area contributed by atoms with Crippen molar-refractivity contribution in [2.75, 3.05) is 46.3 Å². The summed E-state index contributed by atoms with van der Waals surface area (Å²) in [5.41, 5.74) is 0. The first-order chi connectivity index (χ1) is 6.74. The summed E-state index contributed by atoms with van der Waals surface area (Å²) in [4.78, 5) is 4.90. The zero-order valence-corrected chi connectivity index (χ0v) is 9.29. The average molecular weight is 195 g/mol. The summed E-state index contributed by atoms with van der Waals surface area (Å²) < 4.78 is 0. The Morgan fingerprint density at radius 2 is 2.29 bits per heavy atom. The van der Waals surface area contributed by atoms with Crippen molar-refractivity contribution < 1.29 is 0 Å². The molecule has 1 rings (SSSR count). The van der Waals surface area contributed by atoms with Crippen LogP contribution in [0.3, 0.4) is 0 Å². The number of terminal acetylenes is 1. The number of rotatable bonds is 4. The maximum Gasteiger partial charge on any atom is 0.0574 e. The third-order valence-corrected chi connectivity index (χ3v) is 2.77. The minimum Gasteiger partial charge on any atom is -0.305 e. The molecule has 80 valence electrons. The Balaban J connectivity index is 2.15. The van der Waals surface area contributed by atoms with E-state index in [-0.39, 0.29) is 0 Å². The minimum absolute atomic E-state index is 0.668. The molecule has 1 heterocycles. The fourth-order valence-electron chi connectivity index (χ4n) is 1.89. The van der Waals surface area contributed by atoms with Gasteiger partial charge in [0.05, 0.1) is 6.54 Å². The molecule has 0 spiro atoms.